The van der Waals surface area contributed by atoms with Gasteiger partial charge in [-0.25, -0.2) is 4.79 Å². The highest BCUT2D eigenvalue weighted by Crippen LogP contribution is 2.45. The van der Waals surface area contributed by atoms with Crippen LogP contribution in [-0.4, -0.2) is 27.9 Å². The number of carbonyl (C=O) groups is 2. The van der Waals surface area contributed by atoms with Gasteiger partial charge in [0, 0.05) is 0 Å². The fourth-order valence-electron chi connectivity index (χ4n) is 2.50. The van der Waals surface area contributed by atoms with E-state index in [0.717, 1.165) is 6.42 Å². The van der Waals surface area contributed by atoms with Crippen LogP contribution in [0.5, 0.6) is 5.75 Å². The Morgan fingerprint density at radius 1 is 1.27 bits per heavy atom. The zero-order chi connectivity index (χ0) is 16.5. The number of ether oxygens (including phenoxy) is 1. The quantitative estimate of drug-likeness (QED) is 0.745. The van der Waals surface area contributed by atoms with Crippen molar-refractivity contribution in [1.29, 1.82) is 0 Å². The van der Waals surface area contributed by atoms with Crippen molar-refractivity contribution in [3.05, 3.63) is 23.8 Å². The maximum absolute atomic E-state index is 11.8. The van der Waals surface area contributed by atoms with Gasteiger partial charge in [-0.1, -0.05) is 12.5 Å². The van der Waals surface area contributed by atoms with Crippen molar-refractivity contribution in [3.8, 4) is 5.75 Å². The zero-order valence-electron chi connectivity index (χ0n) is 13.0. The van der Waals surface area contributed by atoms with Crippen LogP contribution < -0.4 is 5.32 Å². The lowest BCUT2D eigenvalue weighted by molar-refractivity contribution is -0.147. The Morgan fingerprint density at radius 3 is 2.36 bits per heavy atom. The predicted molar refractivity (Wildman–Crippen MR) is 81.1 cm³/mol. The molecular weight excluding hydrogens is 286 g/mol. The minimum absolute atomic E-state index is 0.130. The average molecular weight is 307 g/mol. The van der Waals surface area contributed by atoms with E-state index in [1.54, 1.807) is 26.8 Å². The van der Waals surface area contributed by atoms with Gasteiger partial charge in [0.15, 0.2) is 0 Å². The number of phenols is 1. The second-order valence-electron chi connectivity index (χ2n) is 6.60. The molecule has 3 N–H and O–H groups in total. The molecule has 0 aromatic heterocycles. The Kier molecular flexibility index (Phi) is 4.04. The van der Waals surface area contributed by atoms with Gasteiger partial charge >= 0.3 is 12.1 Å². The molecule has 0 heterocycles. The van der Waals surface area contributed by atoms with Crippen molar-refractivity contribution in [2.24, 2.45) is 0 Å². The van der Waals surface area contributed by atoms with Gasteiger partial charge in [-0.2, -0.15) is 0 Å². The first-order chi connectivity index (χ1) is 10.1. The molecule has 2 rings (SSSR count). The van der Waals surface area contributed by atoms with E-state index in [2.05, 4.69) is 5.32 Å². The van der Waals surface area contributed by atoms with Gasteiger partial charge in [0.25, 0.3) is 0 Å². The molecule has 6 nitrogen and oxygen atoms in total. The van der Waals surface area contributed by atoms with Crippen molar-refractivity contribution in [1.82, 2.24) is 0 Å². The van der Waals surface area contributed by atoms with Crippen molar-refractivity contribution >= 4 is 17.7 Å². The highest BCUT2D eigenvalue weighted by atomic mass is 16.6. The fraction of sp³-hybridized carbons (Fsp3) is 0.500. The van der Waals surface area contributed by atoms with Crippen LogP contribution in [0, 0.1) is 0 Å². The number of carbonyl (C=O) groups excluding carboxylic acids is 1. The molecule has 1 aromatic rings. The van der Waals surface area contributed by atoms with E-state index < -0.39 is 23.1 Å². The lowest BCUT2D eigenvalue weighted by Crippen LogP contribution is -2.42. The minimum Gasteiger partial charge on any atom is -0.506 e. The van der Waals surface area contributed by atoms with Crippen LogP contribution in [0.4, 0.5) is 10.5 Å². The number of aromatic hydroxyl groups is 1. The molecule has 0 spiro atoms. The molecule has 0 aliphatic heterocycles. The topological polar surface area (TPSA) is 95.9 Å². The molecule has 1 saturated carbocycles. The summed E-state index contributed by atoms with van der Waals surface area (Å²) in [5, 5.41) is 21.8. The summed E-state index contributed by atoms with van der Waals surface area (Å²) in [4.78, 5) is 23.3. The molecule has 1 aliphatic carbocycles. The second-order valence-corrected chi connectivity index (χ2v) is 6.60. The number of anilines is 1. The summed E-state index contributed by atoms with van der Waals surface area (Å²) in [7, 11) is 0. The number of nitrogens with one attached hydrogen (secondary N) is 1. The fourth-order valence-corrected chi connectivity index (χ4v) is 2.50. The van der Waals surface area contributed by atoms with Gasteiger partial charge in [-0.15, -0.1) is 0 Å². The molecule has 120 valence electrons. The Morgan fingerprint density at radius 2 is 1.91 bits per heavy atom. The molecule has 1 amide bonds. The van der Waals surface area contributed by atoms with Crippen LogP contribution >= 0.6 is 0 Å². The summed E-state index contributed by atoms with van der Waals surface area (Å²) in [5.41, 5.74) is -0.847. The van der Waals surface area contributed by atoms with Crippen LogP contribution in [0.15, 0.2) is 18.2 Å². The van der Waals surface area contributed by atoms with Gasteiger partial charge in [0.2, 0.25) is 0 Å². The van der Waals surface area contributed by atoms with E-state index >= 15 is 0 Å². The number of hydrogen-bond acceptors (Lipinski definition) is 4. The van der Waals surface area contributed by atoms with E-state index in [0.29, 0.717) is 18.4 Å². The van der Waals surface area contributed by atoms with E-state index in [-0.39, 0.29) is 11.4 Å². The minimum atomic E-state index is -0.919. The van der Waals surface area contributed by atoms with Crippen molar-refractivity contribution in [2.45, 2.75) is 51.0 Å². The first-order valence-corrected chi connectivity index (χ1v) is 7.21. The molecular formula is C16H21NO5. The normalized spacial score (nSPS) is 16.5. The van der Waals surface area contributed by atoms with Crippen LogP contribution in [0.25, 0.3) is 0 Å². The number of hydrogen-bond donors (Lipinski definition) is 3. The van der Waals surface area contributed by atoms with Gasteiger partial charge in [-0.05, 0) is 51.3 Å². The first-order valence-electron chi connectivity index (χ1n) is 7.21. The monoisotopic (exact) mass is 307 g/mol. The molecule has 6 heteroatoms. The summed E-state index contributed by atoms with van der Waals surface area (Å²) in [6.07, 6.45) is 1.26. The molecule has 0 radical (unpaired) electrons. The van der Waals surface area contributed by atoms with Crippen LogP contribution in [0.3, 0.4) is 0 Å². The number of aliphatic carboxylic acids is 1. The number of phenolic OH excluding ortho intramolecular Hbond substituents is 1. The number of carboxylic acids is 1. The van der Waals surface area contributed by atoms with Crippen molar-refractivity contribution < 1.29 is 24.5 Å². The summed E-state index contributed by atoms with van der Waals surface area (Å²) in [6.45, 7) is 5.20. The third-order valence-electron chi connectivity index (χ3n) is 3.80. The molecule has 22 heavy (non-hydrogen) atoms. The molecule has 0 unspecified atom stereocenters. The molecule has 0 atom stereocenters. The van der Waals surface area contributed by atoms with E-state index in [1.165, 1.54) is 12.1 Å². The van der Waals surface area contributed by atoms with Crippen molar-refractivity contribution in [2.75, 3.05) is 5.32 Å². The molecule has 1 aliphatic rings. The highest BCUT2D eigenvalue weighted by Gasteiger charge is 2.46. The average Bonchev–Trinajstić information content (AvgIpc) is 2.28. The van der Waals surface area contributed by atoms with E-state index in [1.807, 2.05) is 0 Å². The highest BCUT2D eigenvalue weighted by molar-refractivity contribution is 5.88. The Balaban J connectivity index is 2.24. The Labute approximate surface area is 129 Å². The molecule has 1 fully saturated rings. The molecule has 1 aromatic carbocycles. The van der Waals surface area contributed by atoms with E-state index in [4.69, 9.17) is 4.74 Å². The van der Waals surface area contributed by atoms with Gasteiger partial charge in [-0.3, -0.25) is 10.1 Å². The molecule has 0 bridgehead atoms. The Bertz CT molecular complexity index is 599. The lowest BCUT2D eigenvalue weighted by atomic mass is 9.64. The predicted octanol–water partition coefficient (Wildman–Crippen LogP) is 3.25. The summed E-state index contributed by atoms with van der Waals surface area (Å²) >= 11 is 0. The number of rotatable bonds is 3. The number of amides is 1. The maximum atomic E-state index is 11.8. The van der Waals surface area contributed by atoms with E-state index in [9.17, 15) is 19.8 Å². The molecule has 0 saturated heterocycles. The largest absolute Gasteiger partial charge is 0.506 e. The third-order valence-corrected chi connectivity index (χ3v) is 3.80. The smallest absolute Gasteiger partial charge is 0.412 e. The Hall–Kier alpha value is -2.24. The van der Waals surface area contributed by atoms with Gasteiger partial charge in [0.05, 0.1) is 11.1 Å². The summed E-state index contributed by atoms with van der Waals surface area (Å²) in [5.74, 6) is -1.01. The summed E-state index contributed by atoms with van der Waals surface area (Å²) in [6, 6.07) is 4.49. The van der Waals surface area contributed by atoms with Crippen LogP contribution in [0.1, 0.15) is 45.6 Å². The lowest BCUT2D eigenvalue weighted by Gasteiger charge is -2.38. The summed E-state index contributed by atoms with van der Waals surface area (Å²) < 4.78 is 5.13. The third kappa shape index (κ3) is 3.16. The first kappa shape index (κ1) is 16.1. The van der Waals surface area contributed by atoms with Crippen LogP contribution in [0.2, 0.25) is 0 Å². The standard InChI is InChI=1S/C16H21NO5/c1-15(2,3)22-14(21)17-11-9-10(5-6-12(11)18)16(13(19)20)7-4-8-16/h5-6,9,18H,4,7-8H2,1-3H3,(H,17,21)(H,19,20). The van der Waals surface area contributed by atoms with Gasteiger partial charge < -0.3 is 14.9 Å². The van der Waals surface area contributed by atoms with Gasteiger partial charge in [0.1, 0.15) is 11.4 Å². The number of benzene rings is 1. The van der Waals surface area contributed by atoms with Crippen molar-refractivity contribution in [3.63, 3.8) is 0 Å². The second kappa shape index (κ2) is 5.51. The SMILES string of the molecule is CC(C)(C)OC(=O)Nc1cc(C2(C(=O)O)CCC2)ccc1O. The zero-order valence-corrected chi connectivity index (χ0v) is 13.0. The van der Waals surface area contributed by atoms with Crippen LogP contribution in [-0.2, 0) is 14.9 Å². The number of carboxylic acid groups (broad SMARTS) is 1. The maximum Gasteiger partial charge on any atom is 0.412 e.